The van der Waals surface area contributed by atoms with E-state index in [1.807, 2.05) is 6.07 Å². The first-order valence-corrected chi connectivity index (χ1v) is 8.02. The van der Waals surface area contributed by atoms with Crippen LogP contribution in [0.4, 0.5) is 0 Å². The van der Waals surface area contributed by atoms with Crippen LogP contribution in [0, 0.1) is 0 Å². The van der Waals surface area contributed by atoms with Gasteiger partial charge in [-0.1, -0.05) is 54.6 Å². The van der Waals surface area contributed by atoms with E-state index in [-0.39, 0.29) is 0 Å². The molecule has 1 saturated heterocycles. The maximum Gasteiger partial charge on any atom is 0.0594 e. The molecule has 1 fully saturated rings. The fraction of sp³-hybridized carbons (Fsp3) is 0.368. The van der Waals surface area contributed by atoms with E-state index in [2.05, 4.69) is 53.4 Å². The van der Waals surface area contributed by atoms with Gasteiger partial charge in [-0.3, -0.25) is 4.90 Å². The number of nitrogens with two attached hydrogens (primary N) is 1. The topological polar surface area (TPSA) is 38.5 Å². The molecule has 0 amide bonds. The highest BCUT2D eigenvalue weighted by atomic mass is 16.5. The fourth-order valence-electron chi connectivity index (χ4n) is 2.99. The summed E-state index contributed by atoms with van der Waals surface area (Å²) >= 11 is 0. The van der Waals surface area contributed by atoms with Crippen LogP contribution < -0.4 is 5.73 Å². The average Bonchev–Trinajstić information content (AvgIpc) is 2.61. The molecule has 2 aromatic rings. The Labute approximate surface area is 132 Å². The summed E-state index contributed by atoms with van der Waals surface area (Å²) < 4.78 is 5.41. The third-order valence-electron chi connectivity index (χ3n) is 4.36. The molecular formula is C19H24N2O. The maximum absolute atomic E-state index is 6.01. The maximum atomic E-state index is 6.01. The van der Waals surface area contributed by atoms with E-state index in [0.717, 1.165) is 32.8 Å². The minimum Gasteiger partial charge on any atom is -0.379 e. The van der Waals surface area contributed by atoms with Gasteiger partial charge in [0, 0.05) is 32.1 Å². The second-order valence-corrected chi connectivity index (χ2v) is 5.83. The van der Waals surface area contributed by atoms with Crippen LogP contribution >= 0.6 is 0 Å². The number of benzene rings is 2. The molecule has 0 radical (unpaired) electrons. The molecule has 3 rings (SSSR count). The number of hydrogen-bond donors (Lipinski definition) is 1. The lowest BCUT2D eigenvalue weighted by molar-refractivity contribution is 0.0353. The predicted octanol–water partition coefficient (Wildman–Crippen LogP) is 2.73. The first kappa shape index (κ1) is 15.2. The normalized spacial score (nSPS) is 17.3. The molecule has 3 nitrogen and oxygen atoms in total. The van der Waals surface area contributed by atoms with Crippen LogP contribution in [-0.2, 0) is 4.74 Å². The third-order valence-corrected chi connectivity index (χ3v) is 4.36. The van der Waals surface area contributed by atoms with Crippen LogP contribution in [-0.4, -0.2) is 44.3 Å². The van der Waals surface area contributed by atoms with Crippen LogP contribution in [0.2, 0.25) is 0 Å². The monoisotopic (exact) mass is 296 g/mol. The molecular weight excluding hydrogens is 272 g/mol. The quantitative estimate of drug-likeness (QED) is 0.922. The molecule has 2 aromatic carbocycles. The van der Waals surface area contributed by atoms with Crippen molar-refractivity contribution in [3.05, 3.63) is 60.2 Å². The van der Waals surface area contributed by atoms with Crippen LogP contribution in [0.3, 0.4) is 0 Å². The Morgan fingerprint density at radius 2 is 1.55 bits per heavy atom. The molecule has 0 bridgehead atoms. The number of rotatable bonds is 5. The van der Waals surface area contributed by atoms with Crippen molar-refractivity contribution < 1.29 is 4.74 Å². The Hall–Kier alpha value is -1.68. The number of ether oxygens (including phenoxy) is 1. The smallest absolute Gasteiger partial charge is 0.0594 e. The lowest BCUT2D eigenvalue weighted by Gasteiger charge is -2.30. The molecule has 0 aromatic heterocycles. The van der Waals surface area contributed by atoms with Crippen molar-refractivity contribution in [3.63, 3.8) is 0 Å². The predicted molar refractivity (Wildman–Crippen MR) is 90.9 cm³/mol. The molecule has 116 valence electrons. The summed E-state index contributed by atoms with van der Waals surface area (Å²) in [5.74, 6) is 0.392. The van der Waals surface area contributed by atoms with Gasteiger partial charge >= 0.3 is 0 Å². The van der Waals surface area contributed by atoms with Gasteiger partial charge in [-0.15, -0.1) is 0 Å². The third kappa shape index (κ3) is 3.74. The van der Waals surface area contributed by atoms with Gasteiger partial charge in [0.25, 0.3) is 0 Å². The molecule has 0 saturated carbocycles. The van der Waals surface area contributed by atoms with Gasteiger partial charge in [-0.05, 0) is 16.7 Å². The molecule has 0 aliphatic carbocycles. The number of nitrogens with zero attached hydrogens (tertiary/aromatic N) is 1. The van der Waals surface area contributed by atoms with Gasteiger partial charge < -0.3 is 10.5 Å². The molecule has 1 aliphatic rings. The Kier molecular flexibility index (Phi) is 5.22. The number of morpholine rings is 1. The zero-order chi connectivity index (χ0) is 15.2. The van der Waals surface area contributed by atoms with Crippen LogP contribution in [0.1, 0.15) is 11.5 Å². The highest BCUT2D eigenvalue weighted by Gasteiger charge is 2.17. The summed E-state index contributed by atoms with van der Waals surface area (Å²) in [6, 6.07) is 19.3. The Morgan fingerprint density at radius 3 is 2.18 bits per heavy atom. The first-order valence-electron chi connectivity index (χ1n) is 8.02. The van der Waals surface area contributed by atoms with Crippen molar-refractivity contribution in [2.75, 3.05) is 39.4 Å². The first-order chi connectivity index (χ1) is 10.9. The van der Waals surface area contributed by atoms with Crippen molar-refractivity contribution in [3.8, 4) is 11.1 Å². The van der Waals surface area contributed by atoms with Crippen molar-refractivity contribution >= 4 is 0 Å². The van der Waals surface area contributed by atoms with E-state index in [0.29, 0.717) is 12.5 Å². The minimum atomic E-state index is 0.392. The summed E-state index contributed by atoms with van der Waals surface area (Å²) in [6.45, 7) is 5.40. The molecule has 1 aliphatic heterocycles. The van der Waals surface area contributed by atoms with Gasteiger partial charge in [0.1, 0.15) is 0 Å². The summed E-state index contributed by atoms with van der Waals surface area (Å²) in [4.78, 5) is 2.45. The van der Waals surface area contributed by atoms with Crippen molar-refractivity contribution in [2.24, 2.45) is 5.73 Å². The summed E-state index contributed by atoms with van der Waals surface area (Å²) in [6.07, 6.45) is 0. The second kappa shape index (κ2) is 7.54. The summed E-state index contributed by atoms with van der Waals surface area (Å²) in [7, 11) is 0. The van der Waals surface area contributed by atoms with Crippen molar-refractivity contribution in [2.45, 2.75) is 5.92 Å². The minimum absolute atomic E-state index is 0.392. The Balaban J connectivity index is 1.70. The van der Waals surface area contributed by atoms with E-state index in [4.69, 9.17) is 10.5 Å². The molecule has 1 atom stereocenters. The van der Waals surface area contributed by atoms with Crippen molar-refractivity contribution in [1.82, 2.24) is 4.90 Å². The summed E-state index contributed by atoms with van der Waals surface area (Å²) in [5, 5.41) is 0. The van der Waals surface area contributed by atoms with Crippen LogP contribution in [0.25, 0.3) is 11.1 Å². The SMILES string of the molecule is NCC(CN1CCOCC1)c1ccc(-c2ccccc2)cc1. The van der Waals surface area contributed by atoms with Crippen LogP contribution in [0.15, 0.2) is 54.6 Å². The van der Waals surface area contributed by atoms with E-state index < -0.39 is 0 Å². The second-order valence-electron chi connectivity index (χ2n) is 5.83. The lowest BCUT2D eigenvalue weighted by atomic mass is 9.95. The van der Waals surface area contributed by atoms with E-state index in [1.54, 1.807) is 0 Å². The highest BCUT2D eigenvalue weighted by Crippen LogP contribution is 2.23. The van der Waals surface area contributed by atoms with Crippen LogP contribution in [0.5, 0.6) is 0 Å². The Morgan fingerprint density at radius 1 is 0.909 bits per heavy atom. The largest absolute Gasteiger partial charge is 0.379 e. The van der Waals surface area contributed by atoms with Gasteiger partial charge in [0.15, 0.2) is 0 Å². The molecule has 0 spiro atoms. The zero-order valence-electron chi connectivity index (χ0n) is 12.9. The van der Waals surface area contributed by atoms with Gasteiger partial charge in [0.2, 0.25) is 0 Å². The Bertz CT molecular complexity index is 562. The molecule has 2 N–H and O–H groups in total. The van der Waals surface area contributed by atoms with E-state index in [1.165, 1.54) is 16.7 Å². The molecule has 1 heterocycles. The average molecular weight is 296 g/mol. The van der Waals surface area contributed by atoms with Crippen molar-refractivity contribution in [1.29, 1.82) is 0 Å². The van der Waals surface area contributed by atoms with E-state index in [9.17, 15) is 0 Å². The lowest BCUT2D eigenvalue weighted by Crippen LogP contribution is -2.40. The summed E-state index contributed by atoms with van der Waals surface area (Å²) in [5.41, 5.74) is 9.85. The van der Waals surface area contributed by atoms with E-state index >= 15 is 0 Å². The standard InChI is InChI=1S/C19H24N2O/c20-14-19(15-21-10-12-22-13-11-21)18-8-6-17(7-9-18)16-4-2-1-3-5-16/h1-9,19H,10-15,20H2. The zero-order valence-corrected chi connectivity index (χ0v) is 12.9. The molecule has 3 heteroatoms. The fourth-order valence-corrected chi connectivity index (χ4v) is 2.99. The van der Waals surface area contributed by atoms with Gasteiger partial charge in [-0.25, -0.2) is 0 Å². The van der Waals surface area contributed by atoms with Gasteiger partial charge in [-0.2, -0.15) is 0 Å². The molecule has 22 heavy (non-hydrogen) atoms. The highest BCUT2D eigenvalue weighted by molar-refractivity contribution is 5.63. The van der Waals surface area contributed by atoms with Gasteiger partial charge in [0.05, 0.1) is 13.2 Å². The molecule has 1 unspecified atom stereocenters. The number of hydrogen-bond acceptors (Lipinski definition) is 3.